The zero-order valence-corrected chi connectivity index (χ0v) is 20.9. The molecule has 3 N–H and O–H groups in total. The molecule has 0 bridgehead atoms. The fourth-order valence-corrected chi connectivity index (χ4v) is 4.08. The molecule has 1 saturated heterocycles. The highest BCUT2D eigenvalue weighted by Gasteiger charge is 2.18. The van der Waals surface area contributed by atoms with Crippen LogP contribution in [0.15, 0.2) is 40.1 Å². The maximum atomic E-state index is 14.9. The summed E-state index contributed by atoms with van der Waals surface area (Å²) >= 11 is 0. The second kappa shape index (κ2) is 11.3. The number of hydrogen-bond acceptors (Lipinski definition) is 6. The van der Waals surface area contributed by atoms with Crippen LogP contribution >= 0.6 is 0 Å². The van der Waals surface area contributed by atoms with Gasteiger partial charge in [0, 0.05) is 61.2 Å². The molecule has 0 spiro atoms. The largest absolute Gasteiger partial charge is 0.468 e. The van der Waals surface area contributed by atoms with Crippen LogP contribution in [-0.4, -0.2) is 77.5 Å². The zero-order chi connectivity index (χ0) is 25.7. The molecule has 0 radical (unpaired) electrons. The van der Waals surface area contributed by atoms with Crippen molar-refractivity contribution in [3.8, 4) is 5.75 Å². The molecule has 3 heterocycles. The smallest absolute Gasteiger partial charge is 0.181 e. The van der Waals surface area contributed by atoms with Gasteiger partial charge in [-0.2, -0.15) is 5.10 Å². The second-order valence-corrected chi connectivity index (χ2v) is 8.83. The summed E-state index contributed by atoms with van der Waals surface area (Å²) in [7, 11) is 2.06. The maximum Gasteiger partial charge on any atom is 0.181 e. The molecule has 192 valence electrons. The predicted octanol–water partition coefficient (Wildman–Crippen LogP) is 4.07. The number of benzene rings is 1. The van der Waals surface area contributed by atoms with Crippen molar-refractivity contribution in [2.24, 2.45) is 9.98 Å². The van der Waals surface area contributed by atoms with Gasteiger partial charge in [0.15, 0.2) is 29.9 Å². The van der Waals surface area contributed by atoms with Crippen LogP contribution in [0.2, 0.25) is 0 Å². The molecule has 1 aliphatic heterocycles. The Morgan fingerprint density at radius 3 is 2.75 bits per heavy atom. The Morgan fingerprint density at radius 2 is 2.03 bits per heavy atom. The summed E-state index contributed by atoms with van der Waals surface area (Å²) in [5, 5.41) is 10.6. The number of nitrogens with zero attached hydrogens (tertiary/aromatic N) is 5. The molecule has 36 heavy (non-hydrogen) atoms. The molecule has 0 atom stereocenters. The highest BCUT2D eigenvalue weighted by atomic mass is 19.1. The normalized spacial score (nSPS) is 15.5. The van der Waals surface area contributed by atoms with E-state index in [2.05, 4.69) is 61.0 Å². The molecule has 2 aromatic heterocycles. The van der Waals surface area contributed by atoms with Gasteiger partial charge < -0.3 is 24.8 Å². The third-order valence-corrected chi connectivity index (χ3v) is 6.02. The van der Waals surface area contributed by atoms with Gasteiger partial charge in [0.1, 0.15) is 11.7 Å². The van der Waals surface area contributed by atoms with Crippen LogP contribution in [0, 0.1) is 18.6 Å². The number of nitrogens with one attached hydrogen (secondary N) is 3. The van der Waals surface area contributed by atoms with Crippen LogP contribution in [0.25, 0.3) is 10.9 Å². The third-order valence-electron chi connectivity index (χ3n) is 6.02. The van der Waals surface area contributed by atoms with Crippen molar-refractivity contribution >= 4 is 29.3 Å². The van der Waals surface area contributed by atoms with Crippen molar-refractivity contribution in [1.82, 2.24) is 25.0 Å². The lowest BCUT2D eigenvalue weighted by Gasteiger charge is -2.33. The Hall–Kier alpha value is -3.73. The predicted molar refractivity (Wildman–Crippen MR) is 139 cm³/mol. The SMILES string of the molecule is C=N/C(=C\C(=N/COc1cc(F)c2[nH]c(C)cc2c1F)N1CCN(C)CC1)Nc1cc(CCC)[nH]n1. The average Bonchev–Trinajstić information content (AvgIpc) is 3.48. The van der Waals surface area contributed by atoms with Crippen molar-refractivity contribution in [2.75, 3.05) is 45.3 Å². The molecule has 0 saturated carbocycles. The van der Waals surface area contributed by atoms with Gasteiger partial charge >= 0.3 is 0 Å². The zero-order valence-electron chi connectivity index (χ0n) is 20.9. The number of likely N-dealkylation sites (N-methyl/N-ethyl adjacent to an activating group) is 1. The Morgan fingerprint density at radius 1 is 1.25 bits per heavy atom. The van der Waals surface area contributed by atoms with Crippen molar-refractivity contribution < 1.29 is 13.5 Å². The van der Waals surface area contributed by atoms with E-state index in [0.29, 0.717) is 23.2 Å². The number of H-pyrrole nitrogens is 2. The number of rotatable bonds is 9. The minimum Gasteiger partial charge on any atom is -0.468 e. The average molecular weight is 499 g/mol. The molecule has 1 aliphatic rings. The first-order valence-electron chi connectivity index (χ1n) is 12.0. The van der Waals surface area contributed by atoms with Crippen LogP contribution in [0.5, 0.6) is 5.75 Å². The number of anilines is 1. The fraction of sp³-hybridized carbons (Fsp3) is 0.400. The summed E-state index contributed by atoms with van der Waals surface area (Å²) in [5.41, 5.74) is 1.81. The Bertz CT molecular complexity index is 1270. The van der Waals surface area contributed by atoms with Gasteiger partial charge in [0.25, 0.3) is 0 Å². The highest BCUT2D eigenvalue weighted by molar-refractivity contribution is 5.94. The van der Waals surface area contributed by atoms with Crippen LogP contribution in [0.1, 0.15) is 24.7 Å². The molecular weight excluding hydrogens is 466 g/mol. The van der Waals surface area contributed by atoms with Crippen LogP contribution in [0.3, 0.4) is 0 Å². The monoisotopic (exact) mass is 498 g/mol. The van der Waals surface area contributed by atoms with Crippen molar-refractivity contribution in [3.63, 3.8) is 0 Å². The lowest BCUT2D eigenvalue weighted by molar-refractivity contribution is 0.214. The molecule has 1 fully saturated rings. The summed E-state index contributed by atoms with van der Waals surface area (Å²) in [6.07, 6.45) is 3.66. The molecule has 0 amide bonds. The van der Waals surface area contributed by atoms with Crippen molar-refractivity contribution in [3.05, 3.63) is 53.1 Å². The lowest BCUT2D eigenvalue weighted by atomic mass is 10.2. The number of hydrogen-bond donors (Lipinski definition) is 3. The molecule has 11 heteroatoms. The van der Waals surface area contributed by atoms with Gasteiger partial charge in [0.05, 0.1) is 5.52 Å². The fourth-order valence-electron chi connectivity index (χ4n) is 4.08. The molecule has 0 aliphatic carbocycles. The van der Waals surface area contributed by atoms with E-state index in [1.54, 1.807) is 19.1 Å². The number of aliphatic imine (C=N–C) groups is 2. The number of aromatic amines is 2. The van der Waals surface area contributed by atoms with E-state index < -0.39 is 11.6 Å². The summed E-state index contributed by atoms with van der Waals surface area (Å²) in [6, 6.07) is 4.52. The first-order valence-corrected chi connectivity index (χ1v) is 12.0. The Kier molecular flexibility index (Phi) is 7.99. The summed E-state index contributed by atoms with van der Waals surface area (Å²) in [4.78, 5) is 15.8. The number of piperazine rings is 1. The molecular formula is C25H32F2N8O. The van der Waals surface area contributed by atoms with E-state index in [1.165, 1.54) is 0 Å². The summed E-state index contributed by atoms with van der Waals surface area (Å²) < 4.78 is 34.9. The Labute approximate surface area is 208 Å². The van der Waals surface area contributed by atoms with Crippen LogP contribution < -0.4 is 10.1 Å². The van der Waals surface area contributed by atoms with E-state index in [0.717, 1.165) is 50.8 Å². The standard InChI is InChI=1S/C25H32F2N8O/c1-5-6-17-12-22(33-32-17)31-21(28-3)14-23(35-9-7-34(4)8-10-35)29-15-36-20-13-19(26)25-18(24(20)27)11-16(2)30-25/h11-14,30H,3,5-10,15H2,1-2,4H3,(H2,31,32,33)/b21-14+,29-23+. The quantitative estimate of drug-likeness (QED) is 0.305. The molecule has 3 aromatic rings. The minimum absolute atomic E-state index is 0.121. The van der Waals surface area contributed by atoms with Gasteiger partial charge in [0.2, 0.25) is 0 Å². The number of ether oxygens (including phenoxy) is 1. The molecule has 4 rings (SSSR count). The minimum atomic E-state index is -0.626. The lowest BCUT2D eigenvalue weighted by Crippen LogP contribution is -2.47. The number of fused-ring (bicyclic) bond motifs is 1. The van der Waals surface area contributed by atoms with Gasteiger partial charge in [-0.25, -0.2) is 18.8 Å². The van der Waals surface area contributed by atoms with E-state index in [1.807, 2.05) is 6.07 Å². The van der Waals surface area contributed by atoms with E-state index in [9.17, 15) is 8.78 Å². The number of amidine groups is 1. The van der Waals surface area contributed by atoms with Crippen LogP contribution in [0.4, 0.5) is 14.6 Å². The topological polar surface area (TPSA) is 96.9 Å². The number of halogens is 2. The van der Waals surface area contributed by atoms with Crippen LogP contribution in [-0.2, 0) is 6.42 Å². The van der Waals surface area contributed by atoms with Gasteiger partial charge in [-0.1, -0.05) is 13.3 Å². The summed E-state index contributed by atoms with van der Waals surface area (Å²) in [5.74, 6) is 0.286. The van der Waals surface area contributed by atoms with Gasteiger partial charge in [-0.15, -0.1) is 0 Å². The number of aromatic nitrogens is 3. The molecule has 0 unspecified atom stereocenters. The van der Waals surface area contributed by atoms with Crippen molar-refractivity contribution in [2.45, 2.75) is 26.7 Å². The molecule has 9 nitrogen and oxygen atoms in total. The molecule has 1 aromatic carbocycles. The maximum absolute atomic E-state index is 14.9. The highest BCUT2D eigenvalue weighted by Crippen LogP contribution is 2.29. The van der Waals surface area contributed by atoms with E-state index in [-0.39, 0.29) is 23.4 Å². The third kappa shape index (κ3) is 5.91. The van der Waals surface area contributed by atoms with Gasteiger partial charge in [-0.3, -0.25) is 5.10 Å². The van der Waals surface area contributed by atoms with Gasteiger partial charge in [-0.05, 0) is 33.2 Å². The first-order chi connectivity index (χ1) is 17.4. The Balaban J connectivity index is 1.55. The number of aryl methyl sites for hydroxylation is 2. The van der Waals surface area contributed by atoms with E-state index >= 15 is 0 Å². The second-order valence-electron chi connectivity index (χ2n) is 8.83. The van der Waals surface area contributed by atoms with Crippen molar-refractivity contribution in [1.29, 1.82) is 0 Å². The summed E-state index contributed by atoms with van der Waals surface area (Å²) in [6.45, 7) is 10.5. The van der Waals surface area contributed by atoms with E-state index in [4.69, 9.17) is 4.74 Å². The first kappa shape index (κ1) is 25.4.